The first-order valence-corrected chi connectivity index (χ1v) is 6.62. The summed E-state index contributed by atoms with van der Waals surface area (Å²) in [7, 11) is 5.24. The smallest absolute Gasteiger partial charge is 0.222 e. The number of hydrogen-bond donors (Lipinski definition) is 1. The van der Waals surface area contributed by atoms with Gasteiger partial charge in [0.15, 0.2) is 0 Å². The zero-order chi connectivity index (χ0) is 14.3. The van der Waals surface area contributed by atoms with Gasteiger partial charge < -0.3 is 15.0 Å². The first-order valence-electron chi connectivity index (χ1n) is 6.62. The molecule has 0 saturated carbocycles. The topological polar surface area (TPSA) is 41.6 Å². The lowest BCUT2D eigenvalue weighted by atomic mass is 10.1. The van der Waals surface area contributed by atoms with Crippen molar-refractivity contribution >= 4 is 5.91 Å². The van der Waals surface area contributed by atoms with Crippen LogP contribution in [0.15, 0.2) is 24.3 Å². The number of methoxy groups -OCH3 is 1. The number of nitrogens with one attached hydrogen (secondary N) is 1. The molecule has 19 heavy (non-hydrogen) atoms. The molecule has 1 aromatic carbocycles. The molecule has 0 aliphatic heterocycles. The Morgan fingerprint density at radius 3 is 2.79 bits per heavy atom. The highest BCUT2D eigenvalue weighted by molar-refractivity contribution is 5.75. The van der Waals surface area contributed by atoms with Gasteiger partial charge in [-0.15, -0.1) is 0 Å². The Balaban J connectivity index is 2.34. The van der Waals surface area contributed by atoms with E-state index in [9.17, 15) is 4.79 Å². The molecule has 0 radical (unpaired) electrons. The van der Waals surface area contributed by atoms with Crippen LogP contribution in [0, 0.1) is 0 Å². The highest BCUT2D eigenvalue weighted by Gasteiger charge is 2.07. The normalized spacial score (nSPS) is 12.0. The van der Waals surface area contributed by atoms with E-state index < -0.39 is 0 Å². The predicted molar refractivity (Wildman–Crippen MR) is 77.3 cm³/mol. The minimum absolute atomic E-state index is 0.177. The van der Waals surface area contributed by atoms with Crippen LogP contribution in [-0.2, 0) is 4.79 Å². The van der Waals surface area contributed by atoms with E-state index in [1.54, 1.807) is 26.1 Å². The number of carbonyl (C=O) groups is 1. The maximum Gasteiger partial charge on any atom is 0.222 e. The van der Waals surface area contributed by atoms with Gasteiger partial charge in [-0.2, -0.15) is 0 Å². The second-order valence-electron chi connectivity index (χ2n) is 4.84. The third-order valence-corrected chi connectivity index (χ3v) is 3.11. The Morgan fingerprint density at radius 2 is 2.16 bits per heavy atom. The first-order chi connectivity index (χ1) is 9.04. The predicted octanol–water partition coefficient (Wildman–Crippen LogP) is 2.21. The van der Waals surface area contributed by atoms with Crippen LogP contribution in [-0.4, -0.2) is 38.6 Å². The zero-order valence-electron chi connectivity index (χ0n) is 12.3. The molecule has 1 rings (SSSR count). The van der Waals surface area contributed by atoms with E-state index in [1.165, 1.54) is 5.56 Å². The van der Waals surface area contributed by atoms with Crippen LogP contribution in [0.5, 0.6) is 5.75 Å². The number of rotatable bonds is 7. The molecule has 0 saturated heterocycles. The fourth-order valence-corrected chi connectivity index (χ4v) is 1.81. The molecule has 0 unspecified atom stereocenters. The Kier molecular flexibility index (Phi) is 6.36. The number of ether oxygens (including phenoxy) is 1. The second-order valence-corrected chi connectivity index (χ2v) is 4.84. The average molecular weight is 264 g/mol. The van der Waals surface area contributed by atoms with Gasteiger partial charge in [-0.1, -0.05) is 12.1 Å². The fourth-order valence-electron chi connectivity index (χ4n) is 1.81. The number of nitrogens with zero attached hydrogens (tertiary/aromatic N) is 1. The van der Waals surface area contributed by atoms with Crippen LogP contribution in [0.25, 0.3) is 0 Å². The van der Waals surface area contributed by atoms with E-state index >= 15 is 0 Å². The van der Waals surface area contributed by atoms with E-state index in [0.717, 1.165) is 18.7 Å². The summed E-state index contributed by atoms with van der Waals surface area (Å²) in [5.74, 6) is 1.05. The molecule has 1 amide bonds. The molecule has 0 aromatic heterocycles. The summed E-state index contributed by atoms with van der Waals surface area (Å²) in [6, 6.07) is 8.28. The molecule has 1 atom stereocenters. The van der Waals surface area contributed by atoms with Gasteiger partial charge in [0.2, 0.25) is 5.91 Å². The molecule has 1 N–H and O–H groups in total. The Labute approximate surface area is 115 Å². The van der Waals surface area contributed by atoms with Crippen molar-refractivity contribution in [2.45, 2.75) is 25.8 Å². The first kappa shape index (κ1) is 15.5. The van der Waals surface area contributed by atoms with Crippen molar-refractivity contribution < 1.29 is 9.53 Å². The van der Waals surface area contributed by atoms with Crippen molar-refractivity contribution in [1.82, 2.24) is 10.2 Å². The molecule has 0 fully saturated rings. The number of benzene rings is 1. The number of amides is 1. The molecule has 4 heteroatoms. The molecule has 0 spiro atoms. The summed E-state index contributed by atoms with van der Waals surface area (Å²) in [5, 5.41) is 3.42. The van der Waals surface area contributed by atoms with E-state index in [1.807, 2.05) is 18.2 Å². The molecule has 4 nitrogen and oxygen atoms in total. The van der Waals surface area contributed by atoms with Gasteiger partial charge in [0, 0.05) is 26.6 Å². The monoisotopic (exact) mass is 264 g/mol. The van der Waals surface area contributed by atoms with Gasteiger partial charge in [0.25, 0.3) is 0 Å². The molecular formula is C15H24N2O2. The highest BCUT2D eigenvalue weighted by atomic mass is 16.5. The van der Waals surface area contributed by atoms with E-state index in [0.29, 0.717) is 6.42 Å². The van der Waals surface area contributed by atoms with Crippen LogP contribution in [0.1, 0.15) is 31.4 Å². The largest absolute Gasteiger partial charge is 0.497 e. The lowest BCUT2D eigenvalue weighted by Crippen LogP contribution is -2.24. The van der Waals surface area contributed by atoms with Gasteiger partial charge >= 0.3 is 0 Å². The minimum atomic E-state index is 0.177. The van der Waals surface area contributed by atoms with Crippen LogP contribution < -0.4 is 10.1 Å². The standard InChI is InChI=1S/C15H24N2O2/c1-12(13-7-5-8-14(11-13)19-4)16-10-6-9-15(18)17(2)3/h5,7-8,11-12,16H,6,9-10H2,1-4H3/t12-/m0/s1. The average Bonchev–Trinajstić information content (AvgIpc) is 2.42. The van der Waals surface area contributed by atoms with Gasteiger partial charge in [-0.25, -0.2) is 0 Å². The summed E-state index contributed by atoms with van der Waals surface area (Å²) < 4.78 is 5.21. The zero-order valence-corrected chi connectivity index (χ0v) is 12.3. The number of hydrogen-bond acceptors (Lipinski definition) is 3. The third kappa shape index (κ3) is 5.30. The van der Waals surface area contributed by atoms with Crippen molar-refractivity contribution in [2.24, 2.45) is 0 Å². The molecule has 0 bridgehead atoms. The summed E-state index contributed by atoms with van der Waals surface area (Å²) in [4.78, 5) is 13.1. The Bertz CT molecular complexity index is 405. The summed E-state index contributed by atoms with van der Waals surface area (Å²) >= 11 is 0. The molecular weight excluding hydrogens is 240 g/mol. The molecule has 0 aliphatic carbocycles. The van der Waals surface area contributed by atoms with Crippen LogP contribution >= 0.6 is 0 Å². The third-order valence-electron chi connectivity index (χ3n) is 3.11. The van der Waals surface area contributed by atoms with Crippen LogP contribution in [0.2, 0.25) is 0 Å². The van der Waals surface area contributed by atoms with Crippen LogP contribution in [0.4, 0.5) is 0 Å². The summed E-state index contributed by atoms with van der Waals surface area (Å²) in [6.07, 6.45) is 1.44. The van der Waals surface area contributed by atoms with Crippen molar-refractivity contribution in [1.29, 1.82) is 0 Å². The van der Waals surface area contributed by atoms with Crippen molar-refractivity contribution in [3.8, 4) is 5.75 Å². The summed E-state index contributed by atoms with van der Waals surface area (Å²) in [5.41, 5.74) is 1.19. The van der Waals surface area contributed by atoms with Gasteiger partial charge in [0.05, 0.1) is 7.11 Å². The maximum atomic E-state index is 11.4. The van der Waals surface area contributed by atoms with E-state index in [2.05, 4.69) is 18.3 Å². The highest BCUT2D eigenvalue weighted by Crippen LogP contribution is 2.18. The van der Waals surface area contributed by atoms with E-state index in [-0.39, 0.29) is 11.9 Å². The lowest BCUT2D eigenvalue weighted by molar-refractivity contribution is -0.128. The van der Waals surface area contributed by atoms with Gasteiger partial charge in [0.1, 0.15) is 5.75 Å². The second kappa shape index (κ2) is 7.79. The minimum Gasteiger partial charge on any atom is -0.497 e. The van der Waals surface area contributed by atoms with Gasteiger partial charge in [-0.05, 0) is 37.6 Å². The maximum absolute atomic E-state index is 11.4. The number of carbonyl (C=O) groups excluding carboxylic acids is 1. The van der Waals surface area contributed by atoms with Crippen molar-refractivity contribution in [2.75, 3.05) is 27.7 Å². The van der Waals surface area contributed by atoms with Crippen molar-refractivity contribution in [3.05, 3.63) is 29.8 Å². The lowest BCUT2D eigenvalue weighted by Gasteiger charge is -2.15. The summed E-state index contributed by atoms with van der Waals surface area (Å²) in [6.45, 7) is 2.94. The SMILES string of the molecule is COc1cccc([C@H](C)NCCCC(=O)N(C)C)c1. The molecule has 106 valence electrons. The van der Waals surface area contributed by atoms with Gasteiger partial charge in [-0.3, -0.25) is 4.79 Å². The van der Waals surface area contributed by atoms with E-state index in [4.69, 9.17) is 4.74 Å². The quantitative estimate of drug-likeness (QED) is 0.768. The Morgan fingerprint density at radius 1 is 1.42 bits per heavy atom. The molecule has 0 aliphatic rings. The molecule has 0 heterocycles. The molecule has 1 aromatic rings. The Hall–Kier alpha value is -1.55. The van der Waals surface area contributed by atoms with Crippen molar-refractivity contribution in [3.63, 3.8) is 0 Å². The van der Waals surface area contributed by atoms with Crippen LogP contribution in [0.3, 0.4) is 0 Å². The fraction of sp³-hybridized carbons (Fsp3) is 0.533.